The van der Waals surface area contributed by atoms with Crippen LogP contribution in [0.5, 0.6) is 0 Å². The molecule has 5 nitrogen and oxygen atoms in total. The highest BCUT2D eigenvalue weighted by Gasteiger charge is 2.17. The quantitative estimate of drug-likeness (QED) is 0.629. The molecule has 0 aliphatic heterocycles. The van der Waals surface area contributed by atoms with Crippen LogP contribution in [0.3, 0.4) is 0 Å². The molecule has 2 amide bonds. The van der Waals surface area contributed by atoms with Gasteiger partial charge in [-0.2, -0.15) is 0 Å². The first-order valence-corrected chi connectivity index (χ1v) is 9.68. The number of hydrogen-bond donors (Lipinski definition) is 1. The van der Waals surface area contributed by atoms with Gasteiger partial charge in [0.25, 0.3) is 5.91 Å². The van der Waals surface area contributed by atoms with Crippen LogP contribution in [-0.2, 0) is 4.79 Å². The SMILES string of the molecule is Cc1cccc(NC(=O)CN(C)C(=O)c2ccc(C(=O)c3ccccc3)cc2)c1C. The average Bonchev–Trinajstić information content (AvgIpc) is 2.76. The minimum absolute atomic E-state index is 0.0725. The van der Waals surface area contributed by atoms with E-state index in [4.69, 9.17) is 0 Å². The molecule has 0 aromatic heterocycles. The minimum atomic E-state index is -0.287. The summed E-state index contributed by atoms with van der Waals surface area (Å²) in [6.45, 7) is 3.85. The third-order valence-corrected chi connectivity index (χ3v) is 5.04. The fourth-order valence-corrected chi connectivity index (χ4v) is 3.10. The van der Waals surface area contributed by atoms with Gasteiger partial charge in [-0.05, 0) is 43.2 Å². The standard InChI is InChI=1S/C25H24N2O3/c1-17-8-7-11-22(18(17)2)26-23(28)16-27(3)25(30)21-14-12-20(13-15-21)24(29)19-9-5-4-6-10-19/h4-15H,16H2,1-3H3,(H,26,28). The van der Waals surface area contributed by atoms with Gasteiger partial charge in [0, 0.05) is 29.4 Å². The van der Waals surface area contributed by atoms with Crippen molar-refractivity contribution >= 4 is 23.3 Å². The van der Waals surface area contributed by atoms with Crippen LogP contribution in [0.2, 0.25) is 0 Å². The molecule has 0 saturated heterocycles. The van der Waals surface area contributed by atoms with Gasteiger partial charge in [0.05, 0.1) is 6.54 Å². The highest BCUT2D eigenvalue weighted by Crippen LogP contribution is 2.18. The molecule has 0 unspecified atom stereocenters. The fraction of sp³-hybridized carbons (Fsp3) is 0.160. The van der Waals surface area contributed by atoms with Crippen molar-refractivity contribution < 1.29 is 14.4 Å². The van der Waals surface area contributed by atoms with Crippen molar-refractivity contribution in [3.63, 3.8) is 0 Å². The van der Waals surface area contributed by atoms with Crippen molar-refractivity contribution in [3.05, 3.63) is 101 Å². The molecule has 0 aliphatic carbocycles. The molecule has 3 aromatic carbocycles. The maximum atomic E-state index is 12.7. The van der Waals surface area contributed by atoms with E-state index in [1.165, 1.54) is 4.90 Å². The van der Waals surface area contributed by atoms with Crippen molar-refractivity contribution in [2.75, 3.05) is 18.9 Å². The lowest BCUT2D eigenvalue weighted by Crippen LogP contribution is -2.35. The van der Waals surface area contributed by atoms with E-state index in [9.17, 15) is 14.4 Å². The Kier molecular flexibility index (Phi) is 6.42. The van der Waals surface area contributed by atoms with Crippen LogP contribution in [0.4, 0.5) is 5.69 Å². The number of benzene rings is 3. The van der Waals surface area contributed by atoms with Gasteiger partial charge in [-0.1, -0.05) is 54.6 Å². The molecule has 0 spiro atoms. The maximum absolute atomic E-state index is 12.7. The van der Waals surface area contributed by atoms with Crippen LogP contribution < -0.4 is 5.32 Å². The Bertz CT molecular complexity index is 1070. The largest absolute Gasteiger partial charge is 0.332 e. The number of amides is 2. The molecule has 0 radical (unpaired) electrons. The van der Waals surface area contributed by atoms with Crippen molar-refractivity contribution in [2.45, 2.75) is 13.8 Å². The predicted octanol–water partition coefficient (Wildman–Crippen LogP) is 4.25. The Balaban J connectivity index is 1.63. The minimum Gasteiger partial charge on any atom is -0.332 e. The number of aryl methyl sites for hydroxylation is 1. The summed E-state index contributed by atoms with van der Waals surface area (Å²) in [6.07, 6.45) is 0. The summed E-state index contributed by atoms with van der Waals surface area (Å²) in [5, 5.41) is 2.85. The van der Waals surface area contributed by atoms with Gasteiger partial charge in [-0.3, -0.25) is 14.4 Å². The summed E-state index contributed by atoms with van der Waals surface area (Å²) in [4.78, 5) is 38.9. The second-order valence-electron chi connectivity index (χ2n) is 7.23. The van der Waals surface area contributed by atoms with Crippen molar-refractivity contribution in [1.29, 1.82) is 0 Å². The monoisotopic (exact) mass is 400 g/mol. The normalized spacial score (nSPS) is 10.4. The first-order chi connectivity index (χ1) is 14.4. The summed E-state index contributed by atoms with van der Waals surface area (Å²) < 4.78 is 0. The summed E-state index contributed by atoms with van der Waals surface area (Å²) in [5.41, 5.74) is 4.34. The number of nitrogens with zero attached hydrogens (tertiary/aromatic N) is 1. The molecule has 0 bridgehead atoms. The smallest absolute Gasteiger partial charge is 0.254 e. The van der Waals surface area contributed by atoms with Crippen molar-refractivity contribution in [2.24, 2.45) is 0 Å². The fourth-order valence-electron chi connectivity index (χ4n) is 3.10. The number of carbonyl (C=O) groups excluding carboxylic acids is 3. The first kappa shape index (κ1) is 21.0. The lowest BCUT2D eigenvalue weighted by molar-refractivity contribution is -0.116. The van der Waals surface area contributed by atoms with E-state index in [2.05, 4.69) is 5.32 Å². The van der Waals surface area contributed by atoms with E-state index in [1.54, 1.807) is 43.4 Å². The number of anilines is 1. The van der Waals surface area contributed by atoms with Crippen LogP contribution in [-0.4, -0.2) is 36.1 Å². The van der Waals surface area contributed by atoms with Gasteiger partial charge in [0.1, 0.15) is 0 Å². The van der Waals surface area contributed by atoms with E-state index in [1.807, 2.05) is 50.2 Å². The van der Waals surface area contributed by atoms with Crippen LogP contribution >= 0.6 is 0 Å². The molecule has 152 valence electrons. The van der Waals surface area contributed by atoms with Gasteiger partial charge in [0.15, 0.2) is 5.78 Å². The van der Waals surface area contributed by atoms with Crippen LogP contribution in [0, 0.1) is 13.8 Å². The Hall–Kier alpha value is -3.73. The zero-order valence-corrected chi connectivity index (χ0v) is 17.3. The van der Waals surface area contributed by atoms with E-state index in [0.29, 0.717) is 16.7 Å². The molecule has 1 N–H and O–H groups in total. The third kappa shape index (κ3) is 4.81. The second-order valence-corrected chi connectivity index (χ2v) is 7.23. The third-order valence-electron chi connectivity index (χ3n) is 5.04. The van der Waals surface area contributed by atoms with Crippen LogP contribution in [0.25, 0.3) is 0 Å². The first-order valence-electron chi connectivity index (χ1n) is 9.68. The Morgan fingerprint density at radius 2 is 1.37 bits per heavy atom. The number of hydrogen-bond acceptors (Lipinski definition) is 3. The number of ketones is 1. The van der Waals surface area contributed by atoms with E-state index >= 15 is 0 Å². The number of likely N-dealkylation sites (N-methyl/N-ethyl adjacent to an activating group) is 1. The Morgan fingerprint density at radius 3 is 2.03 bits per heavy atom. The second kappa shape index (κ2) is 9.18. The summed E-state index contributed by atoms with van der Waals surface area (Å²) in [6, 6.07) is 21.2. The maximum Gasteiger partial charge on any atom is 0.254 e. The van der Waals surface area contributed by atoms with E-state index < -0.39 is 0 Å². The molecule has 5 heteroatoms. The molecular formula is C25H24N2O3. The van der Waals surface area contributed by atoms with Crippen molar-refractivity contribution in [3.8, 4) is 0 Å². The molecule has 3 aromatic rings. The molecule has 0 heterocycles. The number of carbonyl (C=O) groups is 3. The molecule has 0 fully saturated rings. The Labute approximate surface area is 176 Å². The molecule has 0 atom stereocenters. The van der Waals surface area contributed by atoms with Crippen LogP contribution in [0.15, 0.2) is 72.8 Å². The van der Waals surface area contributed by atoms with Gasteiger partial charge < -0.3 is 10.2 Å². The topological polar surface area (TPSA) is 66.5 Å². The summed E-state index contributed by atoms with van der Waals surface area (Å²) >= 11 is 0. The zero-order valence-electron chi connectivity index (χ0n) is 17.3. The van der Waals surface area contributed by atoms with E-state index in [-0.39, 0.29) is 24.1 Å². The summed E-state index contributed by atoms with van der Waals surface area (Å²) in [5.74, 6) is -0.656. The van der Waals surface area contributed by atoms with Gasteiger partial charge in [-0.15, -0.1) is 0 Å². The van der Waals surface area contributed by atoms with Crippen molar-refractivity contribution in [1.82, 2.24) is 4.90 Å². The van der Waals surface area contributed by atoms with Gasteiger partial charge in [-0.25, -0.2) is 0 Å². The highest BCUT2D eigenvalue weighted by molar-refractivity contribution is 6.09. The molecule has 0 aliphatic rings. The van der Waals surface area contributed by atoms with E-state index in [0.717, 1.165) is 16.8 Å². The molecule has 3 rings (SSSR count). The van der Waals surface area contributed by atoms with Gasteiger partial charge >= 0.3 is 0 Å². The lowest BCUT2D eigenvalue weighted by atomic mass is 10.0. The predicted molar refractivity (Wildman–Crippen MR) is 118 cm³/mol. The highest BCUT2D eigenvalue weighted by atomic mass is 16.2. The summed E-state index contributed by atoms with van der Waals surface area (Å²) in [7, 11) is 1.58. The number of rotatable bonds is 6. The molecule has 0 saturated carbocycles. The molecular weight excluding hydrogens is 376 g/mol. The van der Waals surface area contributed by atoms with Crippen LogP contribution in [0.1, 0.15) is 37.4 Å². The van der Waals surface area contributed by atoms with Gasteiger partial charge in [0.2, 0.25) is 5.91 Å². The lowest BCUT2D eigenvalue weighted by Gasteiger charge is -2.18. The number of nitrogens with one attached hydrogen (secondary N) is 1. The average molecular weight is 400 g/mol. The Morgan fingerprint density at radius 1 is 0.767 bits per heavy atom. The molecule has 30 heavy (non-hydrogen) atoms. The zero-order chi connectivity index (χ0) is 21.7.